The van der Waals surface area contributed by atoms with E-state index < -0.39 is 17.5 Å². The van der Waals surface area contributed by atoms with Gasteiger partial charge >= 0.3 is 11.6 Å². The molecular weight excluding hydrogens is 457 g/mol. The summed E-state index contributed by atoms with van der Waals surface area (Å²) in [5.74, 6) is -0.576. The zero-order valence-electron chi connectivity index (χ0n) is 19.1. The predicted octanol–water partition coefficient (Wildman–Crippen LogP) is 4.74. The molecule has 33 heavy (non-hydrogen) atoms. The van der Waals surface area contributed by atoms with Crippen molar-refractivity contribution in [2.24, 2.45) is 11.3 Å². The molecule has 3 rings (SSSR count). The van der Waals surface area contributed by atoms with Crippen molar-refractivity contribution in [3.8, 4) is 0 Å². The van der Waals surface area contributed by atoms with E-state index >= 15 is 0 Å². The number of carbonyl (C=O) groups is 2. The Morgan fingerprint density at radius 1 is 1.27 bits per heavy atom. The largest absolute Gasteiger partial charge is 0.465 e. The van der Waals surface area contributed by atoms with Crippen LogP contribution < -0.4 is 5.32 Å². The lowest BCUT2D eigenvalue weighted by Gasteiger charge is -2.37. The number of thioether (sulfide) groups is 1. The number of hydrogen-bond donors (Lipinski definition) is 2. The average molecular weight is 487 g/mol. The maximum Gasteiger partial charge on any atom is 0.441 e. The van der Waals surface area contributed by atoms with Crippen LogP contribution in [0.4, 0.5) is 18.0 Å². The third-order valence-electron chi connectivity index (χ3n) is 5.98. The van der Waals surface area contributed by atoms with Crippen molar-refractivity contribution in [3.05, 3.63) is 29.5 Å². The lowest BCUT2D eigenvalue weighted by atomic mass is 9.79. The fraction of sp³-hybridized carbons (Fsp3) is 0.591. The summed E-state index contributed by atoms with van der Waals surface area (Å²) in [5.41, 5.74) is -2.74. The summed E-state index contributed by atoms with van der Waals surface area (Å²) >= 11 is -0.169. The molecule has 0 spiro atoms. The van der Waals surface area contributed by atoms with Crippen LogP contribution in [0, 0.1) is 18.3 Å². The second-order valence-electron chi connectivity index (χ2n) is 9.41. The number of rotatable bonds is 6. The first-order valence-electron chi connectivity index (χ1n) is 10.7. The number of amides is 2. The van der Waals surface area contributed by atoms with Gasteiger partial charge in [0, 0.05) is 54.5 Å². The Bertz CT molecular complexity index is 1030. The van der Waals surface area contributed by atoms with Crippen LogP contribution in [0.15, 0.2) is 18.3 Å². The number of hydrogen-bond acceptors (Lipinski definition) is 4. The molecule has 2 atom stereocenters. The van der Waals surface area contributed by atoms with E-state index in [1.54, 1.807) is 23.7 Å². The van der Waals surface area contributed by atoms with Gasteiger partial charge in [0.25, 0.3) is 5.91 Å². The van der Waals surface area contributed by atoms with Gasteiger partial charge in [-0.25, -0.2) is 4.79 Å². The van der Waals surface area contributed by atoms with Crippen LogP contribution in [0.3, 0.4) is 0 Å². The van der Waals surface area contributed by atoms with Gasteiger partial charge < -0.3 is 15.3 Å². The molecule has 2 N–H and O–H groups in total. The lowest BCUT2D eigenvalue weighted by molar-refractivity contribution is -0.0327. The second kappa shape index (κ2) is 9.44. The molecule has 7 nitrogen and oxygen atoms in total. The Hall–Kier alpha value is -2.43. The molecule has 1 saturated heterocycles. The molecule has 0 radical (unpaired) electrons. The summed E-state index contributed by atoms with van der Waals surface area (Å²) < 4.78 is 38.5. The van der Waals surface area contributed by atoms with Gasteiger partial charge in [-0.3, -0.25) is 9.48 Å². The minimum atomic E-state index is -4.32. The molecule has 1 aliphatic rings. The lowest BCUT2D eigenvalue weighted by Crippen LogP contribution is -2.46. The molecule has 0 bridgehead atoms. The summed E-state index contributed by atoms with van der Waals surface area (Å²) in [4.78, 5) is 25.7. The third-order valence-corrected chi connectivity index (χ3v) is 6.72. The highest BCUT2D eigenvalue weighted by Gasteiger charge is 2.44. The highest BCUT2D eigenvalue weighted by atomic mass is 32.2. The van der Waals surface area contributed by atoms with Crippen molar-refractivity contribution in [2.75, 3.05) is 18.8 Å². The molecule has 2 unspecified atom stereocenters. The normalized spacial score (nSPS) is 19.3. The maximum atomic E-state index is 12.5. The van der Waals surface area contributed by atoms with Crippen LogP contribution in [-0.4, -0.2) is 62.2 Å². The molecule has 0 aliphatic carbocycles. The standard InChI is InChI=1S/C22H29F3N4O3S/c1-13-15(19(30)26-8-10-33-22(23,24)25)5-6-17-16(13)12-28(27-17)11-14-7-9-29(20(31)32)18(14)21(2,3)4/h5-6,12,14,18H,7-11H2,1-4H3,(H,26,30)(H,31,32). The van der Waals surface area contributed by atoms with Crippen molar-refractivity contribution in [1.82, 2.24) is 20.0 Å². The van der Waals surface area contributed by atoms with Gasteiger partial charge in [0.15, 0.2) is 0 Å². The molecule has 1 aromatic heterocycles. The van der Waals surface area contributed by atoms with E-state index in [9.17, 15) is 27.9 Å². The van der Waals surface area contributed by atoms with Gasteiger partial charge in [-0.2, -0.15) is 18.3 Å². The predicted molar refractivity (Wildman–Crippen MR) is 121 cm³/mol. The molecule has 1 aromatic carbocycles. The van der Waals surface area contributed by atoms with E-state index in [0.717, 1.165) is 11.8 Å². The Morgan fingerprint density at radius 3 is 2.58 bits per heavy atom. The zero-order chi connectivity index (χ0) is 24.6. The number of benzene rings is 1. The Kier molecular flexibility index (Phi) is 7.21. The van der Waals surface area contributed by atoms with Crippen LogP contribution in [0.5, 0.6) is 0 Å². The topological polar surface area (TPSA) is 87.5 Å². The smallest absolute Gasteiger partial charge is 0.441 e. The van der Waals surface area contributed by atoms with Crippen molar-refractivity contribution < 1.29 is 27.9 Å². The number of carboxylic acid groups (broad SMARTS) is 1. The summed E-state index contributed by atoms with van der Waals surface area (Å²) in [6.45, 7) is 8.84. The van der Waals surface area contributed by atoms with Crippen LogP contribution in [-0.2, 0) is 6.54 Å². The minimum Gasteiger partial charge on any atom is -0.465 e. The number of fused-ring (bicyclic) bond motifs is 1. The summed E-state index contributed by atoms with van der Waals surface area (Å²) in [6.07, 6.45) is 1.68. The van der Waals surface area contributed by atoms with Gasteiger partial charge in [0.1, 0.15) is 0 Å². The first kappa shape index (κ1) is 25.2. The number of nitrogens with one attached hydrogen (secondary N) is 1. The Morgan fingerprint density at radius 2 is 1.97 bits per heavy atom. The van der Waals surface area contributed by atoms with Gasteiger partial charge in [0.05, 0.1) is 5.52 Å². The van der Waals surface area contributed by atoms with E-state index in [1.807, 2.05) is 27.0 Å². The first-order valence-corrected chi connectivity index (χ1v) is 11.7. The van der Waals surface area contributed by atoms with Crippen LogP contribution in [0.25, 0.3) is 10.9 Å². The van der Waals surface area contributed by atoms with E-state index in [-0.39, 0.29) is 41.4 Å². The van der Waals surface area contributed by atoms with Crippen molar-refractivity contribution in [3.63, 3.8) is 0 Å². The highest BCUT2D eigenvalue weighted by Crippen LogP contribution is 2.38. The van der Waals surface area contributed by atoms with Crippen LogP contribution in [0.1, 0.15) is 43.1 Å². The molecule has 2 heterocycles. The number of nitrogens with zero attached hydrogens (tertiary/aromatic N) is 3. The van der Waals surface area contributed by atoms with E-state index in [4.69, 9.17) is 0 Å². The molecular formula is C22H29F3N4O3S. The molecule has 1 aliphatic heterocycles. The first-order chi connectivity index (χ1) is 15.3. The highest BCUT2D eigenvalue weighted by molar-refractivity contribution is 8.00. The van der Waals surface area contributed by atoms with Crippen LogP contribution >= 0.6 is 11.8 Å². The number of aromatic nitrogens is 2. The fourth-order valence-corrected chi connectivity index (χ4v) is 5.16. The molecule has 182 valence electrons. The molecule has 11 heteroatoms. The number of carbonyl (C=O) groups excluding carboxylic acids is 1. The minimum absolute atomic E-state index is 0.0876. The molecule has 1 fully saturated rings. The van der Waals surface area contributed by atoms with Gasteiger partial charge in [0.2, 0.25) is 0 Å². The average Bonchev–Trinajstić information content (AvgIpc) is 3.29. The molecule has 0 saturated carbocycles. The van der Waals surface area contributed by atoms with Crippen LogP contribution in [0.2, 0.25) is 0 Å². The van der Waals surface area contributed by atoms with E-state index in [2.05, 4.69) is 10.4 Å². The number of aryl methyl sites for hydroxylation is 1. The van der Waals surface area contributed by atoms with Crippen molar-refractivity contribution in [1.29, 1.82) is 0 Å². The zero-order valence-corrected chi connectivity index (χ0v) is 19.9. The Balaban J connectivity index is 1.74. The summed E-state index contributed by atoms with van der Waals surface area (Å²) in [7, 11) is 0. The van der Waals surface area contributed by atoms with Crippen molar-refractivity contribution >= 4 is 34.7 Å². The second-order valence-corrected chi connectivity index (χ2v) is 10.6. The van der Waals surface area contributed by atoms with Gasteiger partial charge in [-0.1, -0.05) is 20.8 Å². The molecule has 2 aromatic rings. The quantitative estimate of drug-likeness (QED) is 0.576. The summed E-state index contributed by atoms with van der Waals surface area (Å²) in [6, 6.07) is 3.21. The number of alkyl halides is 3. The monoisotopic (exact) mass is 486 g/mol. The van der Waals surface area contributed by atoms with Gasteiger partial charge in [-0.15, -0.1) is 0 Å². The maximum absolute atomic E-state index is 12.5. The summed E-state index contributed by atoms with van der Waals surface area (Å²) in [5, 5.41) is 17.5. The molecule has 2 amide bonds. The SMILES string of the molecule is Cc1c(C(=O)NCCSC(F)(F)F)ccc2nn(CC3CCN(C(=O)O)C3C(C)(C)C)cc12. The van der Waals surface area contributed by atoms with E-state index in [1.165, 1.54) is 4.90 Å². The van der Waals surface area contributed by atoms with Crippen molar-refractivity contribution in [2.45, 2.75) is 52.2 Å². The number of halogens is 3. The third kappa shape index (κ3) is 5.93. The van der Waals surface area contributed by atoms with Gasteiger partial charge in [-0.05, 0) is 48.2 Å². The number of likely N-dealkylation sites (tertiary alicyclic amines) is 1. The van der Waals surface area contributed by atoms with E-state index in [0.29, 0.717) is 29.7 Å². The Labute approximate surface area is 194 Å². The fourth-order valence-electron chi connectivity index (χ4n) is 4.72.